The number of nitrogens with zero attached hydrogens (tertiary/aromatic N) is 1. The molecule has 0 bridgehead atoms. The predicted octanol–water partition coefficient (Wildman–Crippen LogP) is 2.84. The van der Waals surface area contributed by atoms with Crippen LogP contribution in [-0.2, 0) is 0 Å². The summed E-state index contributed by atoms with van der Waals surface area (Å²) in [6, 6.07) is 0. The van der Waals surface area contributed by atoms with Crippen molar-refractivity contribution in [3.63, 3.8) is 0 Å². The Balaban J connectivity index is 3.14. The minimum Gasteiger partial charge on any atom is -0.305 e. The van der Waals surface area contributed by atoms with Gasteiger partial charge in [-0.25, -0.2) is 0 Å². The van der Waals surface area contributed by atoms with E-state index in [1.54, 1.807) is 0 Å². The lowest BCUT2D eigenvalue weighted by atomic mass is 10.4. The Labute approximate surface area is 89.4 Å². The molecular formula is C9H20BrNS. The van der Waals surface area contributed by atoms with Crippen LogP contribution in [0.15, 0.2) is 0 Å². The lowest BCUT2D eigenvalue weighted by molar-refractivity contribution is 0.342. The van der Waals surface area contributed by atoms with Gasteiger partial charge in [-0.3, -0.25) is 0 Å². The smallest absolute Gasteiger partial charge is 0.0244 e. The minimum atomic E-state index is 0.612. The van der Waals surface area contributed by atoms with Gasteiger partial charge in [-0.1, -0.05) is 29.8 Å². The molecule has 0 aliphatic rings. The summed E-state index contributed by atoms with van der Waals surface area (Å²) in [6.45, 7) is 6.78. The van der Waals surface area contributed by atoms with E-state index in [0.717, 1.165) is 6.54 Å². The van der Waals surface area contributed by atoms with Crippen molar-refractivity contribution in [1.82, 2.24) is 4.90 Å². The van der Waals surface area contributed by atoms with Crippen LogP contribution in [0.3, 0.4) is 0 Å². The number of thioether (sulfide) groups is 1. The molecule has 0 amide bonds. The van der Waals surface area contributed by atoms with Crippen LogP contribution in [0.2, 0.25) is 0 Å². The predicted molar refractivity (Wildman–Crippen MR) is 63.5 cm³/mol. The standard InChI is InChI=1S/C9H20BrNS/c1-4-12-7-5-6-11(3)8-9(2)10/h9H,4-8H2,1-3H3. The number of hydrogen-bond acceptors (Lipinski definition) is 2. The minimum absolute atomic E-state index is 0.612. The zero-order valence-corrected chi connectivity index (χ0v) is 10.7. The van der Waals surface area contributed by atoms with Gasteiger partial charge >= 0.3 is 0 Å². The third kappa shape index (κ3) is 8.88. The van der Waals surface area contributed by atoms with Gasteiger partial charge in [-0.15, -0.1) is 0 Å². The van der Waals surface area contributed by atoms with Crippen LogP contribution >= 0.6 is 27.7 Å². The van der Waals surface area contributed by atoms with Crippen molar-refractivity contribution < 1.29 is 0 Å². The highest BCUT2D eigenvalue weighted by Gasteiger charge is 2.01. The number of hydrogen-bond donors (Lipinski definition) is 0. The van der Waals surface area contributed by atoms with E-state index in [9.17, 15) is 0 Å². The molecule has 1 atom stereocenters. The highest BCUT2D eigenvalue weighted by molar-refractivity contribution is 9.09. The molecular weight excluding hydrogens is 234 g/mol. The summed E-state index contributed by atoms with van der Waals surface area (Å²) in [4.78, 5) is 3.00. The van der Waals surface area contributed by atoms with Crippen molar-refractivity contribution in [1.29, 1.82) is 0 Å². The molecule has 0 saturated carbocycles. The topological polar surface area (TPSA) is 3.24 Å². The van der Waals surface area contributed by atoms with E-state index < -0.39 is 0 Å². The number of rotatable bonds is 7. The second-order valence-electron chi connectivity index (χ2n) is 3.09. The van der Waals surface area contributed by atoms with Gasteiger partial charge in [0.25, 0.3) is 0 Å². The molecule has 0 aromatic rings. The monoisotopic (exact) mass is 253 g/mol. The Morgan fingerprint density at radius 2 is 2.17 bits per heavy atom. The first-order valence-electron chi connectivity index (χ1n) is 4.57. The largest absolute Gasteiger partial charge is 0.305 e. The molecule has 0 heterocycles. The first kappa shape index (κ1) is 12.8. The van der Waals surface area contributed by atoms with Crippen LogP contribution in [0.5, 0.6) is 0 Å². The van der Waals surface area contributed by atoms with Gasteiger partial charge in [0.2, 0.25) is 0 Å². The zero-order chi connectivity index (χ0) is 9.40. The van der Waals surface area contributed by atoms with Crippen molar-refractivity contribution >= 4 is 27.7 Å². The Morgan fingerprint density at radius 1 is 1.50 bits per heavy atom. The van der Waals surface area contributed by atoms with Crippen molar-refractivity contribution in [3.05, 3.63) is 0 Å². The third-order valence-electron chi connectivity index (χ3n) is 1.60. The molecule has 1 unspecified atom stereocenters. The van der Waals surface area contributed by atoms with E-state index >= 15 is 0 Å². The van der Waals surface area contributed by atoms with E-state index in [2.05, 4.69) is 41.7 Å². The number of halogens is 1. The van der Waals surface area contributed by atoms with Crippen LogP contribution in [0.1, 0.15) is 20.3 Å². The molecule has 74 valence electrons. The maximum Gasteiger partial charge on any atom is 0.0244 e. The van der Waals surface area contributed by atoms with Crippen LogP contribution in [0.25, 0.3) is 0 Å². The summed E-state index contributed by atoms with van der Waals surface area (Å²) in [5, 5.41) is 0. The van der Waals surface area contributed by atoms with E-state index in [1.807, 2.05) is 11.8 Å². The van der Waals surface area contributed by atoms with Crippen molar-refractivity contribution in [2.45, 2.75) is 25.1 Å². The van der Waals surface area contributed by atoms with E-state index in [1.165, 1.54) is 24.5 Å². The Morgan fingerprint density at radius 3 is 2.67 bits per heavy atom. The molecule has 0 spiro atoms. The molecule has 0 rings (SSSR count). The van der Waals surface area contributed by atoms with Gasteiger partial charge in [0, 0.05) is 11.4 Å². The summed E-state index contributed by atoms with van der Waals surface area (Å²) in [5.74, 6) is 2.55. The number of alkyl halides is 1. The maximum absolute atomic E-state index is 3.55. The quantitative estimate of drug-likeness (QED) is 0.507. The van der Waals surface area contributed by atoms with Gasteiger partial charge in [-0.2, -0.15) is 11.8 Å². The van der Waals surface area contributed by atoms with Crippen LogP contribution in [-0.4, -0.2) is 41.4 Å². The van der Waals surface area contributed by atoms with Crippen molar-refractivity contribution in [2.24, 2.45) is 0 Å². The normalized spacial score (nSPS) is 13.8. The lowest BCUT2D eigenvalue weighted by Crippen LogP contribution is -2.25. The summed E-state index contributed by atoms with van der Waals surface area (Å²) in [6.07, 6.45) is 1.31. The van der Waals surface area contributed by atoms with E-state index in [4.69, 9.17) is 0 Å². The summed E-state index contributed by atoms with van der Waals surface area (Å²) in [7, 11) is 2.19. The fourth-order valence-electron chi connectivity index (χ4n) is 1.10. The SMILES string of the molecule is CCSCCCN(C)CC(C)Br. The van der Waals surface area contributed by atoms with Crippen LogP contribution in [0, 0.1) is 0 Å². The maximum atomic E-state index is 3.55. The average Bonchev–Trinajstić information content (AvgIpc) is 1.97. The van der Waals surface area contributed by atoms with Gasteiger partial charge in [0.1, 0.15) is 0 Å². The Kier molecular flexibility index (Phi) is 8.94. The van der Waals surface area contributed by atoms with E-state index in [-0.39, 0.29) is 0 Å². The molecule has 0 aromatic carbocycles. The molecule has 0 N–H and O–H groups in total. The van der Waals surface area contributed by atoms with Gasteiger partial charge in [0.05, 0.1) is 0 Å². The summed E-state index contributed by atoms with van der Waals surface area (Å²) >= 11 is 5.58. The van der Waals surface area contributed by atoms with Gasteiger partial charge in [-0.05, 0) is 31.5 Å². The Hall–Kier alpha value is 0.790. The molecule has 0 aliphatic heterocycles. The molecule has 0 radical (unpaired) electrons. The first-order valence-corrected chi connectivity index (χ1v) is 6.64. The average molecular weight is 254 g/mol. The van der Waals surface area contributed by atoms with Gasteiger partial charge in [0.15, 0.2) is 0 Å². The first-order chi connectivity index (χ1) is 5.66. The van der Waals surface area contributed by atoms with E-state index in [0.29, 0.717) is 4.83 Å². The van der Waals surface area contributed by atoms with Crippen LogP contribution < -0.4 is 0 Å². The summed E-state index contributed by atoms with van der Waals surface area (Å²) < 4.78 is 0. The van der Waals surface area contributed by atoms with Gasteiger partial charge < -0.3 is 4.90 Å². The van der Waals surface area contributed by atoms with Crippen LogP contribution in [0.4, 0.5) is 0 Å². The zero-order valence-electron chi connectivity index (χ0n) is 8.35. The molecule has 12 heavy (non-hydrogen) atoms. The fraction of sp³-hybridized carbons (Fsp3) is 1.00. The third-order valence-corrected chi connectivity index (χ3v) is 2.87. The lowest BCUT2D eigenvalue weighted by Gasteiger charge is -2.17. The highest BCUT2D eigenvalue weighted by Crippen LogP contribution is 2.03. The summed E-state index contributed by atoms with van der Waals surface area (Å²) in [5.41, 5.74) is 0. The van der Waals surface area contributed by atoms with Crippen molar-refractivity contribution in [2.75, 3.05) is 31.6 Å². The highest BCUT2D eigenvalue weighted by atomic mass is 79.9. The molecule has 0 fully saturated rings. The molecule has 3 heteroatoms. The van der Waals surface area contributed by atoms with Crippen molar-refractivity contribution in [3.8, 4) is 0 Å². The Bertz CT molecular complexity index is 98.5. The molecule has 1 nitrogen and oxygen atoms in total. The molecule has 0 saturated heterocycles. The molecule has 0 aromatic heterocycles. The second-order valence-corrected chi connectivity index (χ2v) is 6.05. The fourth-order valence-corrected chi connectivity index (χ4v) is 2.22. The molecule has 0 aliphatic carbocycles. The second kappa shape index (κ2) is 8.39.